The van der Waals surface area contributed by atoms with Gasteiger partial charge < -0.3 is 10.1 Å². The maximum atomic E-state index is 12.1. The van der Waals surface area contributed by atoms with Crippen molar-refractivity contribution in [1.82, 2.24) is 0 Å². The molecule has 1 amide bonds. The summed E-state index contributed by atoms with van der Waals surface area (Å²) in [5, 5.41) is 11.6. The minimum Gasteiger partial charge on any atom is -0.453 e. The average Bonchev–Trinajstić information content (AvgIpc) is 3.00. The van der Waals surface area contributed by atoms with Crippen LogP contribution in [0.15, 0.2) is 24.3 Å². The van der Waals surface area contributed by atoms with Crippen LogP contribution in [0, 0.1) is 17.2 Å². The summed E-state index contributed by atoms with van der Waals surface area (Å²) < 4.78 is 5.19. The van der Waals surface area contributed by atoms with Gasteiger partial charge in [-0.3, -0.25) is 9.59 Å². The molecule has 0 radical (unpaired) electrons. The Bertz CT molecular complexity index is 586. The molecule has 5 nitrogen and oxygen atoms in total. The summed E-state index contributed by atoms with van der Waals surface area (Å²) in [6.07, 6.45) is 3.96. The number of amides is 1. The molecule has 1 aromatic carbocycles. The number of hydrogen-bond acceptors (Lipinski definition) is 4. The van der Waals surface area contributed by atoms with Crippen LogP contribution in [0.25, 0.3) is 0 Å². The highest BCUT2D eigenvalue weighted by molar-refractivity contribution is 5.96. The number of rotatable bonds is 5. The van der Waals surface area contributed by atoms with E-state index in [0.717, 1.165) is 12.8 Å². The zero-order valence-corrected chi connectivity index (χ0v) is 12.7. The topological polar surface area (TPSA) is 79.2 Å². The Hall–Kier alpha value is -2.35. The van der Waals surface area contributed by atoms with Gasteiger partial charge in [-0.25, -0.2) is 0 Å². The Morgan fingerprint density at radius 2 is 2.05 bits per heavy atom. The molecule has 1 saturated carbocycles. The predicted octanol–water partition coefficient (Wildman–Crippen LogP) is 3.01. The van der Waals surface area contributed by atoms with Crippen molar-refractivity contribution in [1.29, 1.82) is 5.26 Å². The molecule has 1 fully saturated rings. The third-order valence-electron chi connectivity index (χ3n) is 3.91. The fraction of sp³-hybridized carbons (Fsp3) is 0.471. The number of anilines is 1. The Balaban J connectivity index is 1.86. The minimum absolute atomic E-state index is 0.330. The van der Waals surface area contributed by atoms with Gasteiger partial charge in [0.15, 0.2) is 6.10 Å². The van der Waals surface area contributed by atoms with Crippen LogP contribution in [0.5, 0.6) is 0 Å². The van der Waals surface area contributed by atoms with E-state index in [-0.39, 0.29) is 5.97 Å². The predicted molar refractivity (Wildman–Crippen MR) is 81.9 cm³/mol. The number of para-hydroxylation sites is 1. The van der Waals surface area contributed by atoms with E-state index in [1.54, 1.807) is 24.3 Å². The molecule has 0 heterocycles. The van der Waals surface area contributed by atoms with E-state index in [4.69, 9.17) is 10.00 Å². The van der Waals surface area contributed by atoms with Gasteiger partial charge in [0.1, 0.15) is 6.07 Å². The number of nitrogens with one attached hydrogen (secondary N) is 1. The number of carbonyl (C=O) groups excluding carboxylic acids is 2. The van der Waals surface area contributed by atoms with Gasteiger partial charge in [0.05, 0.1) is 11.3 Å². The minimum atomic E-state index is -0.874. The molecule has 0 unspecified atom stereocenters. The smallest absolute Gasteiger partial charge is 0.306 e. The lowest BCUT2D eigenvalue weighted by Crippen LogP contribution is -2.30. The second-order valence-electron chi connectivity index (χ2n) is 5.63. The number of nitriles is 1. The summed E-state index contributed by atoms with van der Waals surface area (Å²) in [6, 6.07) is 8.72. The van der Waals surface area contributed by atoms with Gasteiger partial charge in [0.2, 0.25) is 0 Å². The van der Waals surface area contributed by atoms with E-state index in [2.05, 4.69) is 5.32 Å². The van der Waals surface area contributed by atoms with Crippen molar-refractivity contribution in [2.75, 3.05) is 5.32 Å². The molecule has 0 aliphatic heterocycles. The largest absolute Gasteiger partial charge is 0.453 e. The van der Waals surface area contributed by atoms with Gasteiger partial charge >= 0.3 is 5.97 Å². The van der Waals surface area contributed by atoms with Crippen LogP contribution in [0.1, 0.15) is 44.6 Å². The molecule has 0 aromatic heterocycles. The van der Waals surface area contributed by atoms with Gasteiger partial charge in [-0.15, -0.1) is 0 Å². The van der Waals surface area contributed by atoms with Crippen molar-refractivity contribution in [2.24, 2.45) is 5.92 Å². The molecule has 1 N–H and O–H groups in total. The van der Waals surface area contributed by atoms with Crippen LogP contribution in [0.3, 0.4) is 0 Å². The number of esters is 1. The summed E-state index contributed by atoms with van der Waals surface area (Å²) in [7, 11) is 0. The molecule has 1 atom stereocenters. The lowest BCUT2D eigenvalue weighted by atomic mass is 10.0. The van der Waals surface area contributed by atoms with Crippen molar-refractivity contribution in [2.45, 2.75) is 45.1 Å². The lowest BCUT2D eigenvalue weighted by molar-refractivity contribution is -0.154. The fourth-order valence-electron chi connectivity index (χ4n) is 2.67. The number of ether oxygens (including phenoxy) is 1. The second kappa shape index (κ2) is 7.60. The van der Waals surface area contributed by atoms with Crippen molar-refractivity contribution in [3.63, 3.8) is 0 Å². The number of carbonyl (C=O) groups is 2. The van der Waals surface area contributed by atoms with E-state index >= 15 is 0 Å². The van der Waals surface area contributed by atoms with Crippen LogP contribution in [0.2, 0.25) is 0 Å². The number of nitrogens with zero attached hydrogens (tertiary/aromatic N) is 1. The summed E-state index contributed by atoms with van der Waals surface area (Å²) >= 11 is 0. The van der Waals surface area contributed by atoms with E-state index in [0.29, 0.717) is 23.6 Å². The quantitative estimate of drug-likeness (QED) is 0.848. The molecule has 2 rings (SSSR count). The first-order valence-corrected chi connectivity index (χ1v) is 7.59. The van der Waals surface area contributed by atoms with Gasteiger partial charge in [-0.1, -0.05) is 25.0 Å². The van der Waals surface area contributed by atoms with E-state index in [1.165, 1.54) is 19.8 Å². The van der Waals surface area contributed by atoms with Crippen molar-refractivity contribution in [3.05, 3.63) is 29.8 Å². The molecule has 1 aliphatic rings. The third-order valence-corrected chi connectivity index (χ3v) is 3.91. The normalized spacial score (nSPS) is 15.8. The lowest BCUT2D eigenvalue weighted by Gasteiger charge is -2.15. The average molecular weight is 300 g/mol. The zero-order valence-electron chi connectivity index (χ0n) is 12.7. The third kappa shape index (κ3) is 4.32. The molecule has 5 heteroatoms. The van der Waals surface area contributed by atoms with Crippen LogP contribution < -0.4 is 5.32 Å². The molecular weight excluding hydrogens is 280 g/mol. The molecule has 1 aromatic rings. The maximum Gasteiger partial charge on any atom is 0.306 e. The first-order valence-electron chi connectivity index (χ1n) is 7.59. The fourth-order valence-corrected chi connectivity index (χ4v) is 2.67. The van der Waals surface area contributed by atoms with Crippen molar-refractivity contribution < 1.29 is 14.3 Å². The van der Waals surface area contributed by atoms with Gasteiger partial charge in [-0.05, 0) is 37.8 Å². The molecule has 0 saturated heterocycles. The highest BCUT2D eigenvalue weighted by Crippen LogP contribution is 2.27. The Kier molecular flexibility index (Phi) is 5.54. The summed E-state index contributed by atoms with van der Waals surface area (Å²) in [6.45, 7) is 1.54. The number of hydrogen-bond donors (Lipinski definition) is 1. The van der Waals surface area contributed by atoms with E-state index < -0.39 is 12.0 Å². The summed E-state index contributed by atoms with van der Waals surface area (Å²) in [5.41, 5.74) is 0.800. The Morgan fingerprint density at radius 1 is 1.36 bits per heavy atom. The van der Waals surface area contributed by atoms with Crippen LogP contribution in [-0.4, -0.2) is 18.0 Å². The highest BCUT2D eigenvalue weighted by atomic mass is 16.5. The number of benzene rings is 1. The molecule has 0 bridgehead atoms. The SMILES string of the molecule is C[C@@H](OC(=O)CC1CCCC1)C(=O)Nc1ccccc1C#N. The summed E-state index contributed by atoms with van der Waals surface area (Å²) in [5.74, 6) is -0.368. The van der Waals surface area contributed by atoms with Crippen LogP contribution >= 0.6 is 0 Å². The molecule has 0 spiro atoms. The van der Waals surface area contributed by atoms with E-state index in [9.17, 15) is 9.59 Å². The van der Waals surface area contributed by atoms with Gasteiger partial charge in [0, 0.05) is 6.42 Å². The standard InChI is InChI=1S/C17H20N2O3/c1-12(22-16(20)10-13-6-2-3-7-13)17(21)19-15-9-5-4-8-14(15)11-18/h4-5,8-9,12-13H,2-3,6-7,10H2,1H3,(H,19,21)/t12-/m1/s1. The highest BCUT2D eigenvalue weighted by Gasteiger charge is 2.23. The monoisotopic (exact) mass is 300 g/mol. The Morgan fingerprint density at radius 3 is 2.73 bits per heavy atom. The maximum absolute atomic E-state index is 12.1. The molecule has 22 heavy (non-hydrogen) atoms. The van der Waals surface area contributed by atoms with Crippen LogP contribution in [0.4, 0.5) is 5.69 Å². The van der Waals surface area contributed by atoms with E-state index in [1.807, 2.05) is 6.07 Å². The molecular formula is C17H20N2O3. The first-order chi connectivity index (χ1) is 10.6. The second-order valence-corrected chi connectivity index (χ2v) is 5.63. The zero-order chi connectivity index (χ0) is 15.9. The van der Waals surface area contributed by atoms with Crippen LogP contribution in [-0.2, 0) is 14.3 Å². The Labute approximate surface area is 130 Å². The van der Waals surface area contributed by atoms with Crippen molar-refractivity contribution in [3.8, 4) is 6.07 Å². The summed E-state index contributed by atoms with van der Waals surface area (Å²) in [4.78, 5) is 23.9. The molecule has 116 valence electrons. The van der Waals surface area contributed by atoms with Gasteiger partial charge in [-0.2, -0.15) is 5.26 Å². The van der Waals surface area contributed by atoms with Crippen molar-refractivity contribution >= 4 is 17.6 Å². The van der Waals surface area contributed by atoms with Gasteiger partial charge in [0.25, 0.3) is 5.91 Å². The molecule has 1 aliphatic carbocycles. The first kappa shape index (κ1) is 16.0.